The van der Waals surface area contributed by atoms with Crippen LogP contribution in [0, 0.1) is 0 Å². The highest BCUT2D eigenvalue weighted by Crippen LogP contribution is 2.29. The lowest BCUT2D eigenvalue weighted by molar-refractivity contribution is -0.141. The standard InChI is InChI=1S/C10H12F3N3O2/c11-10(12,13)8-7(5-15-16-8)9(17)14-4-6-2-1-3-18-6/h5-6H,1-4H2,(H,14,17)(H,15,16). The predicted molar refractivity (Wildman–Crippen MR) is 54.9 cm³/mol. The summed E-state index contributed by atoms with van der Waals surface area (Å²) in [5.41, 5.74) is -1.63. The van der Waals surface area contributed by atoms with Gasteiger partial charge in [0.05, 0.1) is 17.9 Å². The Labute approximate surface area is 101 Å². The number of amides is 1. The normalized spacial score (nSPS) is 20.1. The predicted octanol–water partition coefficient (Wildman–Crippen LogP) is 1.34. The summed E-state index contributed by atoms with van der Waals surface area (Å²) in [6.45, 7) is 0.835. The van der Waals surface area contributed by atoms with E-state index in [0.29, 0.717) is 6.61 Å². The maximum atomic E-state index is 12.5. The van der Waals surface area contributed by atoms with E-state index in [1.54, 1.807) is 5.10 Å². The molecule has 1 saturated heterocycles. The molecule has 100 valence electrons. The lowest BCUT2D eigenvalue weighted by Crippen LogP contribution is -2.32. The first-order valence-corrected chi connectivity index (χ1v) is 5.49. The molecule has 1 aliphatic rings. The first kappa shape index (κ1) is 12.9. The number of nitrogens with zero attached hydrogens (tertiary/aromatic N) is 1. The van der Waals surface area contributed by atoms with Gasteiger partial charge < -0.3 is 10.1 Å². The number of H-pyrrole nitrogens is 1. The average Bonchev–Trinajstić information content (AvgIpc) is 2.95. The zero-order valence-electron chi connectivity index (χ0n) is 9.38. The molecule has 8 heteroatoms. The van der Waals surface area contributed by atoms with E-state index >= 15 is 0 Å². The van der Waals surface area contributed by atoms with Crippen LogP contribution in [0.2, 0.25) is 0 Å². The number of carbonyl (C=O) groups excluding carboxylic acids is 1. The molecule has 1 unspecified atom stereocenters. The molecule has 0 aromatic carbocycles. The SMILES string of the molecule is O=C(NCC1CCCO1)c1cn[nH]c1C(F)(F)F. The van der Waals surface area contributed by atoms with Crippen molar-refractivity contribution in [3.8, 4) is 0 Å². The van der Waals surface area contributed by atoms with Gasteiger partial charge in [0.25, 0.3) is 5.91 Å². The molecule has 0 saturated carbocycles. The zero-order valence-corrected chi connectivity index (χ0v) is 9.38. The number of hydrogen-bond donors (Lipinski definition) is 2. The molecule has 1 aromatic heterocycles. The molecule has 5 nitrogen and oxygen atoms in total. The largest absolute Gasteiger partial charge is 0.433 e. The van der Waals surface area contributed by atoms with E-state index in [1.807, 2.05) is 0 Å². The van der Waals surface area contributed by atoms with Gasteiger partial charge in [0.1, 0.15) is 0 Å². The van der Waals surface area contributed by atoms with Crippen LogP contribution >= 0.6 is 0 Å². The van der Waals surface area contributed by atoms with Crippen molar-refractivity contribution < 1.29 is 22.7 Å². The number of aromatic nitrogens is 2. The molecule has 0 radical (unpaired) electrons. The first-order valence-electron chi connectivity index (χ1n) is 5.49. The summed E-state index contributed by atoms with van der Waals surface area (Å²) in [4.78, 5) is 11.6. The Hall–Kier alpha value is -1.57. The molecular weight excluding hydrogens is 251 g/mol. The van der Waals surface area contributed by atoms with E-state index in [1.165, 1.54) is 0 Å². The van der Waals surface area contributed by atoms with E-state index in [2.05, 4.69) is 10.4 Å². The zero-order chi connectivity index (χ0) is 13.2. The minimum Gasteiger partial charge on any atom is -0.376 e. The van der Waals surface area contributed by atoms with Crippen molar-refractivity contribution in [2.45, 2.75) is 25.1 Å². The quantitative estimate of drug-likeness (QED) is 0.864. The summed E-state index contributed by atoms with van der Waals surface area (Å²) in [6.07, 6.45) is -2.16. The van der Waals surface area contributed by atoms with Gasteiger partial charge in [-0.3, -0.25) is 9.89 Å². The molecule has 2 N–H and O–H groups in total. The van der Waals surface area contributed by atoms with Crippen LogP contribution in [0.15, 0.2) is 6.20 Å². The number of rotatable bonds is 3. The van der Waals surface area contributed by atoms with E-state index in [-0.39, 0.29) is 12.6 Å². The van der Waals surface area contributed by atoms with Crippen LogP contribution < -0.4 is 5.32 Å². The lowest BCUT2D eigenvalue weighted by Gasteiger charge is -2.11. The van der Waals surface area contributed by atoms with Crippen LogP contribution in [0.25, 0.3) is 0 Å². The van der Waals surface area contributed by atoms with Crippen LogP contribution in [0.3, 0.4) is 0 Å². The summed E-state index contributed by atoms with van der Waals surface area (Å²) in [5.74, 6) is -0.799. The summed E-state index contributed by atoms with van der Waals surface area (Å²) < 4.78 is 42.8. The number of aromatic amines is 1. The molecule has 1 aliphatic heterocycles. The molecule has 0 spiro atoms. The highest BCUT2D eigenvalue weighted by Gasteiger charge is 2.37. The summed E-state index contributed by atoms with van der Waals surface area (Å²) >= 11 is 0. The van der Waals surface area contributed by atoms with E-state index in [4.69, 9.17) is 4.74 Å². The second-order valence-electron chi connectivity index (χ2n) is 4.00. The summed E-state index contributed by atoms with van der Waals surface area (Å²) in [5, 5.41) is 7.46. The number of ether oxygens (including phenoxy) is 1. The molecule has 2 rings (SSSR count). The number of halogens is 3. The summed E-state index contributed by atoms with van der Waals surface area (Å²) in [6, 6.07) is 0. The molecule has 1 atom stereocenters. The van der Waals surface area contributed by atoms with Crippen LogP contribution in [0.5, 0.6) is 0 Å². The number of nitrogens with one attached hydrogen (secondary N) is 2. The van der Waals surface area contributed by atoms with Crippen LogP contribution in [0.4, 0.5) is 13.2 Å². The van der Waals surface area contributed by atoms with Gasteiger partial charge in [-0.2, -0.15) is 18.3 Å². The van der Waals surface area contributed by atoms with Crippen LogP contribution in [0.1, 0.15) is 28.9 Å². The highest BCUT2D eigenvalue weighted by molar-refractivity contribution is 5.95. The molecule has 2 heterocycles. The van der Waals surface area contributed by atoms with Gasteiger partial charge in [-0.05, 0) is 12.8 Å². The fourth-order valence-electron chi connectivity index (χ4n) is 1.78. The van der Waals surface area contributed by atoms with Crippen molar-refractivity contribution in [3.05, 3.63) is 17.5 Å². The Bertz CT molecular complexity index is 424. The molecule has 1 aromatic rings. The third-order valence-electron chi connectivity index (χ3n) is 2.68. The summed E-state index contributed by atoms with van der Waals surface area (Å²) in [7, 11) is 0. The Morgan fingerprint density at radius 1 is 1.61 bits per heavy atom. The Morgan fingerprint density at radius 3 is 3.00 bits per heavy atom. The molecular formula is C10H12F3N3O2. The minimum absolute atomic E-state index is 0.116. The van der Waals surface area contributed by atoms with Crippen molar-refractivity contribution in [3.63, 3.8) is 0 Å². The van der Waals surface area contributed by atoms with Crippen LogP contribution in [-0.4, -0.2) is 35.4 Å². The number of alkyl halides is 3. The maximum absolute atomic E-state index is 12.5. The van der Waals surface area contributed by atoms with Crippen LogP contribution in [-0.2, 0) is 10.9 Å². The molecule has 18 heavy (non-hydrogen) atoms. The first-order chi connectivity index (χ1) is 8.48. The van der Waals surface area contributed by atoms with Crippen molar-refractivity contribution >= 4 is 5.91 Å². The van der Waals surface area contributed by atoms with Crippen molar-refractivity contribution in [1.29, 1.82) is 0 Å². The Kier molecular flexibility index (Phi) is 3.55. The topological polar surface area (TPSA) is 67.0 Å². The average molecular weight is 263 g/mol. The third kappa shape index (κ3) is 2.81. The lowest BCUT2D eigenvalue weighted by atomic mass is 10.2. The van der Waals surface area contributed by atoms with E-state index in [0.717, 1.165) is 19.0 Å². The van der Waals surface area contributed by atoms with Gasteiger partial charge in [0.15, 0.2) is 5.69 Å². The van der Waals surface area contributed by atoms with Crippen molar-refractivity contribution in [1.82, 2.24) is 15.5 Å². The number of carbonyl (C=O) groups is 1. The van der Waals surface area contributed by atoms with Gasteiger partial charge in [-0.25, -0.2) is 0 Å². The molecule has 1 amide bonds. The smallest absolute Gasteiger partial charge is 0.376 e. The van der Waals surface area contributed by atoms with Gasteiger partial charge in [0, 0.05) is 13.2 Å². The fourth-order valence-corrected chi connectivity index (χ4v) is 1.78. The molecule has 1 fully saturated rings. The van der Waals surface area contributed by atoms with Gasteiger partial charge >= 0.3 is 6.18 Å². The van der Waals surface area contributed by atoms with Gasteiger partial charge in [-0.15, -0.1) is 0 Å². The minimum atomic E-state index is -4.62. The van der Waals surface area contributed by atoms with Gasteiger partial charge in [-0.1, -0.05) is 0 Å². The molecule has 0 aliphatic carbocycles. The van der Waals surface area contributed by atoms with Crippen molar-refractivity contribution in [2.75, 3.05) is 13.2 Å². The Balaban J connectivity index is 1.98. The monoisotopic (exact) mass is 263 g/mol. The van der Waals surface area contributed by atoms with E-state index in [9.17, 15) is 18.0 Å². The Morgan fingerprint density at radius 2 is 2.39 bits per heavy atom. The fraction of sp³-hybridized carbons (Fsp3) is 0.600. The van der Waals surface area contributed by atoms with Crippen molar-refractivity contribution in [2.24, 2.45) is 0 Å². The van der Waals surface area contributed by atoms with E-state index < -0.39 is 23.3 Å². The van der Waals surface area contributed by atoms with Gasteiger partial charge in [0.2, 0.25) is 0 Å². The third-order valence-corrected chi connectivity index (χ3v) is 2.68. The highest BCUT2D eigenvalue weighted by atomic mass is 19.4. The number of hydrogen-bond acceptors (Lipinski definition) is 3. The maximum Gasteiger partial charge on any atom is 0.433 e. The second kappa shape index (κ2) is 4.97. The molecule has 0 bridgehead atoms. The second-order valence-corrected chi connectivity index (χ2v) is 4.00.